The SMILES string of the molecule is COc1ccc(CNCC(=O)CNCc2ccc(OC)cc2)cc1. The topological polar surface area (TPSA) is 59.6 Å². The maximum atomic E-state index is 11.9. The van der Waals surface area contributed by atoms with Gasteiger partial charge in [0.2, 0.25) is 0 Å². The summed E-state index contributed by atoms with van der Waals surface area (Å²) in [5, 5.41) is 6.31. The van der Waals surface area contributed by atoms with Crippen LogP contribution in [0.25, 0.3) is 0 Å². The third-order valence-electron chi connectivity index (χ3n) is 3.62. The first kappa shape index (κ1) is 18.0. The van der Waals surface area contributed by atoms with Crippen molar-refractivity contribution in [2.45, 2.75) is 13.1 Å². The average molecular weight is 328 g/mol. The van der Waals surface area contributed by atoms with Gasteiger partial charge in [0, 0.05) is 13.1 Å². The van der Waals surface area contributed by atoms with Gasteiger partial charge in [-0.3, -0.25) is 4.79 Å². The Kier molecular flexibility index (Phi) is 7.26. The van der Waals surface area contributed by atoms with Crippen LogP contribution in [0.2, 0.25) is 0 Å². The summed E-state index contributed by atoms with van der Waals surface area (Å²) in [5.74, 6) is 1.80. The Bertz CT molecular complexity index is 569. The molecule has 5 heteroatoms. The van der Waals surface area contributed by atoms with Gasteiger partial charge in [-0.15, -0.1) is 0 Å². The number of hydrogen-bond acceptors (Lipinski definition) is 5. The van der Waals surface area contributed by atoms with Gasteiger partial charge in [-0.05, 0) is 35.4 Å². The van der Waals surface area contributed by atoms with Crippen LogP contribution in [-0.2, 0) is 17.9 Å². The van der Waals surface area contributed by atoms with Crippen LogP contribution in [0.15, 0.2) is 48.5 Å². The van der Waals surface area contributed by atoms with E-state index in [1.54, 1.807) is 14.2 Å². The van der Waals surface area contributed by atoms with Gasteiger partial charge in [0.15, 0.2) is 5.78 Å². The zero-order valence-corrected chi connectivity index (χ0v) is 14.2. The molecular formula is C19H24N2O3. The van der Waals surface area contributed by atoms with Crippen molar-refractivity contribution in [3.8, 4) is 11.5 Å². The van der Waals surface area contributed by atoms with E-state index >= 15 is 0 Å². The van der Waals surface area contributed by atoms with Crippen LogP contribution in [0.4, 0.5) is 0 Å². The quantitative estimate of drug-likeness (QED) is 0.700. The first-order valence-corrected chi connectivity index (χ1v) is 7.90. The molecule has 0 amide bonds. The molecular weight excluding hydrogens is 304 g/mol. The van der Waals surface area contributed by atoms with Gasteiger partial charge in [0.05, 0.1) is 27.3 Å². The van der Waals surface area contributed by atoms with Gasteiger partial charge in [-0.25, -0.2) is 0 Å². The van der Waals surface area contributed by atoms with Crippen molar-refractivity contribution in [3.63, 3.8) is 0 Å². The standard InChI is InChI=1S/C19H24N2O3/c1-23-18-7-3-15(4-8-18)11-20-13-17(22)14-21-12-16-5-9-19(24-2)10-6-16/h3-10,20-21H,11-14H2,1-2H3. The normalized spacial score (nSPS) is 10.4. The second kappa shape index (κ2) is 9.70. The number of ketones is 1. The molecule has 0 bridgehead atoms. The van der Waals surface area contributed by atoms with Crippen LogP contribution in [0, 0.1) is 0 Å². The van der Waals surface area contributed by atoms with Crippen molar-refractivity contribution >= 4 is 5.78 Å². The van der Waals surface area contributed by atoms with Crippen molar-refractivity contribution in [1.29, 1.82) is 0 Å². The number of methoxy groups -OCH3 is 2. The minimum Gasteiger partial charge on any atom is -0.497 e. The Morgan fingerprint density at radius 1 is 0.750 bits per heavy atom. The predicted molar refractivity (Wildman–Crippen MR) is 94.4 cm³/mol. The van der Waals surface area contributed by atoms with Crippen molar-refractivity contribution in [1.82, 2.24) is 10.6 Å². The Morgan fingerprint density at radius 2 is 1.12 bits per heavy atom. The van der Waals surface area contributed by atoms with Crippen molar-refractivity contribution in [2.24, 2.45) is 0 Å². The molecule has 5 nitrogen and oxygen atoms in total. The highest BCUT2D eigenvalue weighted by molar-refractivity contribution is 5.82. The van der Waals surface area contributed by atoms with Crippen LogP contribution in [0.3, 0.4) is 0 Å². The van der Waals surface area contributed by atoms with E-state index in [1.165, 1.54) is 0 Å². The molecule has 0 aromatic heterocycles. The summed E-state index contributed by atoms with van der Waals surface area (Å²) in [6.45, 7) is 2.02. The number of nitrogens with one attached hydrogen (secondary N) is 2. The number of carbonyl (C=O) groups is 1. The number of rotatable bonds is 10. The summed E-state index contributed by atoms with van der Waals surface area (Å²) >= 11 is 0. The van der Waals surface area contributed by atoms with Gasteiger partial charge in [0.25, 0.3) is 0 Å². The number of hydrogen-bond donors (Lipinski definition) is 2. The summed E-state index contributed by atoms with van der Waals surface area (Å²) in [4.78, 5) is 11.9. The Hall–Kier alpha value is -2.37. The molecule has 0 aliphatic heterocycles. The lowest BCUT2D eigenvalue weighted by Crippen LogP contribution is -2.31. The Labute approximate surface area is 143 Å². The molecule has 2 aromatic rings. The van der Waals surface area contributed by atoms with E-state index in [9.17, 15) is 4.79 Å². The molecule has 0 aliphatic carbocycles. The molecule has 24 heavy (non-hydrogen) atoms. The van der Waals surface area contributed by atoms with Gasteiger partial charge in [0.1, 0.15) is 11.5 Å². The fourth-order valence-electron chi connectivity index (χ4n) is 2.24. The lowest BCUT2D eigenvalue weighted by Gasteiger charge is -2.07. The van der Waals surface area contributed by atoms with E-state index < -0.39 is 0 Å². The van der Waals surface area contributed by atoms with Gasteiger partial charge in [-0.1, -0.05) is 24.3 Å². The number of ether oxygens (including phenoxy) is 2. The third kappa shape index (κ3) is 6.02. The lowest BCUT2D eigenvalue weighted by atomic mass is 10.2. The highest BCUT2D eigenvalue weighted by atomic mass is 16.5. The molecule has 0 spiro atoms. The smallest absolute Gasteiger partial charge is 0.160 e. The molecule has 0 aliphatic rings. The lowest BCUT2D eigenvalue weighted by molar-refractivity contribution is -0.117. The molecule has 128 valence electrons. The zero-order chi connectivity index (χ0) is 17.2. The average Bonchev–Trinajstić information content (AvgIpc) is 2.63. The summed E-state index contributed by atoms with van der Waals surface area (Å²) in [7, 11) is 3.29. The molecule has 0 saturated carbocycles. The summed E-state index contributed by atoms with van der Waals surface area (Å²) in [6, 6.07) is 15.6. The molecule has 0 radical (unpaired) electrons. The Morgan fingerprint density at radius 3 is 1.46 bits per heavy atom. The van der Waals surface area contributed by atoms with E-state index in [0.717, 1.165) is 22.6 Å². The molecule has 2 aromatic carbocycles. The van der Waals surface area contributed by atoms with Crippen LogP contribution in [0.1, 0.15) is 11.1 Å². The van der Waals surface area contributed by atoms with Crippen LogP contribution < -0.4 is 20.1 Å². The summed E-state index contributed by atoms with van der Waals surface area (Å²) in [5.41, 5.74) is 2.24. The molecule has 0 atom stereocenters. The highest BCUT2D eigenvalue weighted by Gasteiger charge is 2.02. The van der Waals surface area contributed by atoms with Gasteiger partial charge < -0.3 is 20.1 Å². The first-order valence-electron chi connectivity index (χ1n) is 7.90. The van der Waals surface area contributed by atoms with E-state index in [0.29, 0.717) is 26.2 Å². The molecule has 0 saturated heterocycles. The number of carbonyl (C=O) groups excluding carboxylic acids is 1. The second-order valence-electron chi connectivity index (χ2n) is 5.44. The van der Waals surface area contributed by atoms with Crippen LogP contribution in [0.5, 0.6) is 11.5 Å². The van der Waals surface area contributed by atoms with Gasteiger partial charge in [-0.2, -0.15) is 0 Å². The van der Waals surface area contributed by atoms with Crippen LogP contribution >= 0.6 is 0 Å². The third-order valence-corrected chi connectivity index (χ3v) is 3.62. The van der Waals surface area contributed by atoms with Crippen molar-refractivity contribution < 1.29 is 14.3 Å². The summed E-state index contributed by atoms with van der Waals surface area (Å²) < 4.78 is 10.2. The molecule has 2 rings (SSSR count). The number of Topliss-reactive ketones (excluding diaryl/α,β-unsaturated/α-hetero) is 1. The van der Waals surface area contributed by atoms with E-state index in [1.807, 2.05) is 48.5 Å². The fraction of sp³-hybridized carbons (Fsp3) is 0.316. The maximum absolute atomic E-state index is 11.9. The minimum absolute atomic E-state index is 0.136. The van der Waals surface area contributed by atoms with E-state index in [4.69, 9.17) is 9.47 Å². The minimum atomic E-state index is 0.136. The summed E-state index contributed by atoms with van der Waals surface area (Å²) in [6.07, 6.45) is 0. The molecule has 0 heterocycles. The monoisotopic (exact) mass is 328 g/mol. The van der Waals surface area contributed by atoms with E-state index in [-0.39, 0.29) is 5.78 Å². The molecule has 0 unspecified atom stereocenters. The zero-order valence-electron chi connectivity index (χ0n) is 14.2. The van der Waals surface area contributed by atoms with Crippen LogP contribution in [-0.4, -0.2) is 33.1 Å². The first-order chi connectivity index (χ1) is 11.7. The van der Waals surface area contributed by atoms with Crippen molar-refractivity contribution in [3.05, 3.63) is 59.7 Å². The number of benzene rings is 2. The largest absolute Gasteiger partial charge is 0.497 e. The molecule has 2 N–H and O–H groups in total. The Balaban J connectivity index is 1.62. The second-order valence-corrected chi connectivity index (χ2v) is 5.44. The van der Waals surface area contributed by atoms with Crippen molar-refractivity contribution in [2.75, 3.05) is 27.3 Å². The molecule has 0 fully saturated rings. The highest BCUT2D eigenvalue weighted by Crippen LogP contribution is 2.11. The fourth-order valence-corrected chi connectivity index (χ4v) is 2.24. The van der Waals surface area contributed by atoms with E-state index in [2.05, 4.69) is 10.6 Å². The van der Waals surface area contributed by atoms with Gasteiger partial charge >= 0.3 is 0 Å². The predicted octanol–water partition coefficient (Wildman–Crippen LogP) is 2.15. The maximum Gasteiger partial charge on any atom is 0.160 e.